The fourth-order valence-corrected chi connectivity index (χ4v) is 3.25. The third-order valence-corrected chi connectivity index (χ3v) is 4.73. The van der Waals surface area contributed by atoms with Gasteiger partial charge in [0.1, 0.15) is 23.8 Å². The predicted octanol–water partition coefficient (Wildman–Crippen LogP) is 2.04. The van der Waals surface area contributed by atoms with Gasteiger partial charge in [0.2, 0.25) is 0 Å². The molecule has 1 aliphatic heterocycles. The molecule has 2 N–H and O–H groups in total. The first-order chi connectivity index (χ1) is 13.1. The monoisotopic (exact) mass is 505 g/mol. The van der Waals surface area contributed by atoms with Gasteiger partial charge in [-0.05, 0) is 31.5 Å². The molecule has 1 aromatic carbocycles. The molecule has 154 valence electrons. The number of aryl methyl sites for hydroxylation is 1. The molecule has 2 aromatic rings. The minimum absolute atomic E-state index is 0. The van der Waals surface area contributed by atoms with Crippen molar-refractivity contribution in [1.82, 2.24) is 30.3 Å². The molecule has 3 rings (SSSR count). The van der Waals surface area contributed by atoms with Crippen molar-refractivity contribution in [3.63, 3.8) is 0 Å². The lowest BCUT2D eigenvalue weighted by Gasteiger charge is -2.34. The number of halogens is 3. The van der Waals surface area contributed by atoms with Gasteiger partial charge in [0.25, 0.3) is 0 Å². The molecule has 7 nitrogen and oxygen atoms in total. The molecule has 28 heavy (non-hydrogen) atoms. The fourth-order valence-electron chi connectivity index (χ4n) is 3.25. The molecule has 1 aliphatic rings. The lowest BCUT2D eigenvalue weighted by atomic mass is 10.0. The topological polar surface area (TPSA) is 70.4 Å². The number of nitrogens with one attached hydrogen (secondary N) is 2. The number of guanidine groups is 1. The molecule has 0 amide bonds. The molecular formula is C18H26F2IN7. The summed E-state index contributed by atoms with van der Waals surface area (Å²) in [6, 6.07) is 4.15. The maximum atomic E-state index is 13.9. The minimum Gasteiger partial charge on any atom is -0.352 e. The van der Waals surface area contributed by atoms with E-state index in [-0.39, 0.29) is 42.1 Å². The van der Waals surface area contributed by atoms with Crippen LogP contribution in [-0.4, -0.2) is 51.8 Å². The van der Waals surface area contributed by atoms with Gasteiger partial charge in [0.05, 0.1) is 6.54 Å². The van der Waals surface area contributed by atoms with Gasteiger partial charge in [-0.3, -0.25) is 14.6 Å². The molecule has 1 atom stereocenters. The van der Waals surface area contributed by atoms with Crippen molar-refractivity contribution in [2.45, 2.75) is 32.0 Å². The van der Waals surface area contributed by atoms with Crippen LogP contribution >= 0.6 is 24.0 Å². The Hall–Kier alpha value is -1.82. The number of aliphatic imine (C=N–C) groups is 1. The molecule has 1 saturated heterocycles. The average Bonchev–Trinajstić information content (AvgIpc) is 3.07. The van der Waals surface area contributed by atoms with Gasteiger partial charge in [0.15, 0.2) is 5.96 Å². The Labute approximate surface area is 180 Å². The van der Waals surface area contributed by atoms with E-state index in [0.717, 1.165) is 25.2 Å². The normalized spacial score (nSPS) is 17.9. The highest BCUT2D eigenvalue weighted by Crippen LogP contribution is 2.18. The summed E-state index contributed by atoms with van der Waals surface area (Å²) in [7, 11) is 3.54. The van der Waals surface area contributed by atoms with Gasteiger partial charge >= 0.3 is 0 Å². The van der Waals surface area contributed by atoms with Gasteiger partial charge in [-0.1, -0.05) is 6.07 Å². The Balaban J connectivity index is 0.00000280. The van der Waals surface area contributed by atoms with Crippen LogP contribution in [0.5, 0.6) is 0 Å². The fraction of sp³-hybridized carbons (Fsp3) is 0.500. The Morgan fingerprint density at radius 3 is 2.71 bits per heavy atom. The summed E-state index contributed by atoms with van der Waals surface area (Å²) in [4.78, 5) is 10.5. The molecule has 0 bridgehead atoms. The number of piperidine rings is 1. The molecule has 1 aromatic heterocycles. The van der Waals surface area contributed by atoms with E-state index in [1.165, 1.54) is 24.5 Å². The Morgan fingerprint density at radius 2 is 2.07 bits per heavy atom. The van der Waals surface area contributed by atoms with Crippen LogP contribution in [0, 0.1) is 11.6 Å². The van der Waals surface area contributed by atoms with Crippen molar-refractivity contribution in [3.05, 3.63) is 47.5 Å². The SMILES string of the molecule is CN=C(NCc1ncnn1C)NC1CCCN(Cc2c(F)cccc2F)C1.I. The molecular weight excluding hydrogens is 479 g/mol. The lowest BCUT2D eigenvalue weighted by Crippen LogP contribution is -2.51. The number of aromatic nitrogens is 3. The smallest absolute Gasteiger partial charge is 0.191 e. The summed E-state index contributed by atoms with van der Waals surface area (Å²) in [6.45, 7) is 2.28. The van der Waals surface area contributed by atoms with E-state index in [2.05, 4.69) is 30.6 Å². The maximum absolute atomic E-state index is 13.9. The van der Waals surface area contributed by atoms with Gasteiger partial charge in [-0.2, -0.15) is 5.10 Å². The van der Waals surface area contributed by atoms with Crippen molar-refractivity contribution < 1.29 is 8.78 Å². The second-order valence-electron chi connectivity index (χ2n) is 6.64. The molecule has 1 fully saturated rings. The van der Waals surface area contributed by atoms with E-state index in [1.807, 2.05) is 7.05 Å². The van der Waals surface area contributed by atoms with Crippen LogP contribution < -0.4 is 10.6 Å². The quantitative estimate of drug-likeness (QED) is 0.370. The Bertz CT molecular complexity index is 776. The molecule has 2 heterocycles. The largest absolute Gasteiger partial charge is 0.352 e. The summed E-state index contributed by atoms with van der Waals surface area (Å²) in [5.74, 6) is 0.484. The molecule has 1 unspecified atom stereocenters. The second-order valence-corrected chi connectivity index (χ2v) is 6.64. The van der Waals surface area contributed by atoms with Crippen molar-refractivity contribution in [1.29, 1.82) is 0 Å². The van der Waals surface area contributed by atoms with Gasteiger partial charge in [-0.25, -0.2) is 13.8 Å². The first kappa shape index (κ1) is 22.5. The van der Waals surface area contributed by atoms with E-state index in [9.17, 15) is 8.78 Å². The van der Waals surface area contributed by atoms with Crippen LogP contribution in [0.25, 0.3) is 0 Å². The summed E-state index contributed by atoms with van der Waals surface area (Å²) < 4.78 is 29.5. The lowest BCUT2D eigenvalue weighted by molar-refractivity contribution is 0.188. The molecule has 0 spiro atoms. The standard InChI is InChI=1S/C18H25F2N7.HI/c1-21-18(22-9-17-23-12-24-26(17)2)25-13-5-4-8-27(10-13)11-14-15(19)6-3-7-16(14)20;/h3,6-7,12-13H,4-5,8-11H2,1-2H3,(H2,21,22,25);1H. The maximum Gasteiger partial charge on any atom is 0.191 e. The summed E-state index contributed by atoms with van der Waals surface area (Å²) in [5, 5.41) is 10.6. The zero-order valence-electron chi connectivity index (χ0n) is 16.0. The first-order valence-electron chi connectivity index (χ1n) is 9.02. The van der Waals surface area contributed by atoms with Crippen molar-refractivity contribution >= 4 is 29.9 Å². The van der Waals surface area contributed by atoms with Crippen molar-refractivity contribution in [2.75, 3.05) is 20.1 Å². The Morgan fingerprint density at radius 1 is 1.32 bits per heavy atom. The number of likely N-dealkylation sites (tertiary alicyclic amines) is 1. The van der Waals surface area contributed by atoms with E-state index in [4.69, 9.17) is 0 Å². The highest BCUT2D eigenvalue weighted by atomic mass is 127. The minimum atomic E-state index is -0.494. The molecule has 0 saturated carbocycles. The van der Waals surface area contributed by atoms with Gasteiger partial charge in [-0.15, -0.1) is 24.0 Å². The summed E-state index contributed by atoms with van der Waals surface area (Å²) in [5.41, 5.74) is 0.128. The van der Waals surface area contributed by atoms with Crippen LogP contribution in [0.1, 0.15) is 24.2 Å². The van der Waals surface area contributed by atoms with Crippen LogP contribution in [0.2, 0.25) is 0 Å². The summed E-state index contributed by atoms with van der Waals surface area (Å²) in [6.07, 6.45) is 3.43. The Kier molecular flexibility index (Phi) is 8.55. The van der Waals surface area contributed by atoms with Gasteiger partial charge in [0, 0.05) is 38.8 Å². The predicted molar refractivity (Wildman–Crippen MR) is 114 cm³/mol. The highest BCUT2D eigenvalue weighted by Gasteiger charge is 2.22. The molecule has 10 heteroatoms. The zero-order chi connectivity index (χ0) is 19.2. The van der Waals surface area contributed by atoms with E-state index >= 15 is 0 Å². The van der Waals surface area contributed by atoms with Crippen LogP contribution in [-0.2, 0) is 20.1 Å². The average molecular weight is 505 g/mol. The zero-order valence-corrected chi connectivity index (χ0v) is 18.4. The number of hydrogen-bond acceptors (Lipinski definition) is 4. The second kappa shape index (κ2) is 10.6. The van der Waals surface area contributed by atoms with Crippen LogP contribution in [0.15, 0.2) is 29.5 Å². The van der Waals surface area contributed by atoms with Crippen LogP contribution in [0.3, 0.4) is 0 Å². The van der Waals surface area contributed by atoms with E-state index in [1.54, 1.807) is 11.7 Å². The van der Waals surface area contributed by atoms with Crippen molar-refractivity contribution in [3.8, 4) is 0 Å². The van der Waals surface area contributed by atoms with Crippen molar-refractivity contribution in [2.24, 2.45) is 12.0 Å². The van der Waals surface area contributed by atoms with Gasteiger partial charge < -0.3 is 10.6 Å². The number of rotatable bonds is 5. The highest BCUT2D eigenvalue weighted by molar-refractivity contribution is 14.0. The third kappa shape index (κ3) is 5.84. The number of hydrogen-bond donors (Lipinski definition) is 2. The third-order valence-electron chi connectivity index (χ3n) is 4.73. The van der Waals surface area contributed by atoms with E-state index in [0.29, 0.717) is 19.0 Å². The molecule has 0 radical (unpaired) electrons. The summed E-state index contributed by atoms with van der Waals surface area (Å²) >= 11 is 0. The van der Waals surface area contributed by atoms with E-state index < -0.39 is 11.6 Å². The molecule has 0 aliphatic carbocycles. The number of nitrogens with zero attached hydrogens (tertiary/aromatic N) is 5. The first-order valence-corrected chi connectivity index (χ1v) is 9.02. The van der Waals surface area contributed by atoms with Crippen LogP contribution in [0.4, 0.5) is 8.78 Å². The number of benzene rings is 1.